The van der Waals surface area contributed by atoms with Gasteiger partial charge in [0.25, 0.3) is 0 Å². The van der Waals surface area contributed by atoms with Crippen molar-refractivity contribution in [2.24, 2.45) is 0 Å². The number of benzene rings is 2. The van der Waals surface area contributed by atoms with E-state index >= 15 is 0 Å². The van der Waals surface area contributed by atoms with Crippen LogP contribution in [0.25, 0.3) is 10.9 Å². The summed E-state index contributed by atoms with van der Waals surface area (Å²) < 4.78 is 2.17. The van der Waals surface area contributed by atoms with E-state index in [4.69, 9.17) is 17.4 Å². The number of hydrogen-bond donors (Lipinski definition) is 2. The lowest BCUT2D eigenvalue weighted by Gasteiger charge is -2.07. The van der Waals surface area contributed by atoms with Gasteiger partial charge in [-0.2, -0.15) is 0 Å². The average Bonchev–Trinajstić information content (AvgIpc) is 2.90. The number of nitrogens with zero attached hydrogens (tertiary/aromatic N) is 1. The van der Waals surface area contributed by atoms with E-state index in [1.54, 1.807) is 0 Å². The molecule has 0 spiro atoms. The van der Waals surface area contributed by atoms with Crippen LogP contribution in [0.15, 0.2) is 60.8 Å². The lowest BCUT2D eigenvalue weighted by atomic mass is 10.1. The predicted octanol–water partition coefficient (Wildman–Crippen LogP) is 3.34. The highest BCUT2D eigenvalue weighted by molar-refractivity contribution is 7.80. The Labute approximate surface area is 122 Å². The minimum absolute atomic E-state index is 0.333. The molecule has 0 aliphatic rings. The van der Waals surface area contributed by atoms with Gasteiger partial charge in [0.05, 0.1) is 0 Å². The summed E-state index contributed by atoms with van der Waals surface area (Å²) in [7, 11) is 0. The van der Waals surface area contributed by atoms with Gasteiger partial charge in [-0.05, 0) is 23.1 Å². The van der Waals surface area contributed by atoms with E-state index in [0.717, 1.165) is 23.0 Å². The van der Waals surface area contributed by atoms with Gasteiger partial charge in [0.1, 0.15) is 4.99 Å². The Hall–Kier alpha value is -2.17. The van der Waals surface area contributed by atoms with Crippen molar-refractivity contribution >= 4 is 28.1 Å². The number of thiocarbonyl (C=S) groups is 1. The summed E-state index contributed by atoms with van der Waals surface area (Å²) in [5, 5.41) is 10.1. The lowest BCUT2D eigenvalue weighted by Crippen LogP contribution is -2.17. The van der Waals surface area contributed by atoms with Gasteiger partial charge in [0, 0.05) is 23.8 Å². The van der Waals surface area contributed by atoms with Crippen LogP contribution in [0.3, 0.4) is 0 Å². The Kier molecular flexibility index (Phi) is 3.50. The summed E-state index contributed by atoms with van der Waals surface area (Å²) >= 11 is 5.06. The molecule has 0 saturated heterocycles. The number of rotatable bonds is 3. The first-order chi connectivity index (χ1) is 9.78. The van der Waals surface area contributed by atoms with Crippen LogP contribution in [0.5, 0.6) is 0 Å². The van der Waals surface area contributed by atoms with Crippen molar-refractivity contribution < 1.29 is 5.21 Å². The molecule has 4 heteroatoms. The topological polar surface area (TPSA) is 37.2 Å². The number of nitrogens with one attached hydrogen (secondary N) is 1. The van der Waals surface area contributed by atoms with E-state index in [1.807, 2.05) is 41.9 Å². The van der Waals surface area contributed by atoms with Crippen molar-refractivity contribution in [2.75, 3.05) is 0 Å². The van der Waals surface area contributed by atoms with Crippen molar-refractivity contribution in [3.8, 4) is 0 Å². The van der Waals surface area contributed by atoms with Crippen LogP contribution < -0.4 is 5.48 Å². The molecule has 0 aliphatic heterocycles. The monoisotopic (exact) mass is 282 g/mol. The maximum Gasteiger partial charge on any atom is 0.130 e. The number of fused-ring (bicyclic) bond motifs is 1. The highest BCUT2D eigenvalue weighted by Gasteiger charge is 2.05. The van der Waals surface area contributed by atoms with Crippen LogP contribution in [0.2, 0.25) is 0 Å². The molecule has 2 aromatic carbocycles. The van der Waals surface area contributed by atoms with Crippen LogP contribution in [0.4, 0.5) is 0 Å². The summed E-state index contributed by atoms with van der Waals surface area (Å²) in [6.45, 7) is 0.813. The van der Waals surface area contributed by atoms with E-state index in [2.05, 4.69) is 29.0 Å². The van der Waals surface area contributed by atoms with Crippen LogP contribution in [-0.4, -0.2) is 14.8 Å². The van der Waals surface area contributed by atoms with Crippen molar-refractivity contribution in [3.63, 3.8) is 0 Å². The smallest absolute Gasteiger partial charge is 0.130 e. The van der Waals surface area contributed by atoms with E-state index in [-0.39, 0.29) is 0 Å². The van der Waals surface area contributed by atoms with Crippen molar-refractivity contribution in [1.82, 2.24) is 10.0 Å². The van der Waals surface area contributed by atoms with Gasteiger partial charge in [0.15, 0.2) is 0 Å². The lowest BCUT2D eigenvalue weighted by molar-refractivity contribution is 0.238. The molecule has 0 saturated carbocycles. The molecule has 100 valence electrons. The minimum atomic E-state index is 0.333. The van der Waals surface area contributed by atoms with Crippen LogP contribution in [0.1, 0.15) is 11.1 Å². The Balaban J connectivity index is 2.01. The van der Waals surface area contributed by atoms with E-state index in [0.29, 0.717) is 4.99 Å². The first kappa shape index (κ1) is 12.8. The Morgan fingerprint density at radius 2 is 1.90 bits per heavy atom. The van der Waals surface area contributed by atoms with Crippen LogP contribution in [-0.2, 0) is 6.54 Å². The first-order valence-electron chi connectivity index (χ1n) is 6.35. The molecular formula is C16H14N2OS. The Bertz CT molecular complexity index is 750. The van der Waals surface area contributed by atoms with E-state index < -0.39 is 0 Å². The van der Waals surface area contributed by atoms with Crippen molar-refractivity contribution in [1.29, 1.82) is 0 Å². The molecule has 3 rings (SSSR count). The zero-order chi connectivity index (χ0) is 13.9. The zero-order valence-electron chi connectivity index (χ0n) is 10.8. The Morgan fingerprint density at radius 1 is 1.10 bits per heavy atom. The van der Waals surface area contributed by atoms with Gasteiger partial charge in [0.2, 0.25) is 0 Å². The molecule has 20 heavy (non-hydrogen) atoms. The summed E-state index contributed by atoms with van der Waals surface area (Å²) in [4.78, 5) is 0.333. The van der Waals surface area contributed by atoms with E-state index in [1.165, 1.54) is 5.56 Å². The average molecular weight is 282 g/mol. The third kappa shape index (κ3) is 2.43. The molecule has 0 atom stereocenters. The van der Waals surface area contributed by atoms with Gasteiger partial charge in [-0.25, -0.2) is 0 Å². The number of aromatic nitrogens is 1. The molecule has 0 unspecified atom stereocenters. The molecule has 0 fully saturated rings. The molecule has 3 aromatic rings. The first-order valence-corrected chi connectivity index (χ1v) is 6.76. The van der Waals surface area contributed by atoms with Gasteiger partial charge in [-0.1, -0.05) is 54.7 Å². The standard InChI is InChI=1S/C16H14N2OS/c19-17-16(20)14-7-6-13-8-9-18(15(13)10-14)11-12-4-2-1-3-5-12/h1-10,19H,11H2,(H,17,20). The fourth-order valence-electron chi connectivity index (χ4n) is 2.31. The summed E-state index contributed by atoms with van der Waals surface area (Å²) in [5.74, 6) is 0. The fraction of sp³-hybridized carbons (Fsp3) is 0.0625. The maximum atomic E-state index is 8.92. The van der Waals surface area contributed by atoms with Crippen molar-refractivity contribution in [2.45, 2.75) is 6.54 Å². The third-order valence-corrected chi connectivity index (χ3v) is 3.66. The molecule has 1 aromatic heterocycles. The van der Waals surface area contributed by atoms with Gasteiger partial charge >= 0.3 is 0 Å². The number of hydrogen-bond acceptors (Lipinski definition) is 2. The second-order valence-electron chi connectivity index (χ2n) is 4.64. The largest absolute Gasteiger partial charge is 0.343 e. The molecule has 0 bridgehead atoms. The normalized spacial score (nSPS) is 10.7. The molecule has 0 amide bonds. The SMILES string of the molecule is ONC(=S)c1ccc2ccn(Cc3ccccc3)c2c1. The predicted molar refractivity (Wildman–Crippen MR) is 84.1 cm³/mol. The second-order valence-corrected chi connectivity index (χ2v) is 5.05. The highest BCUT2D eigenvalue weighted by Crippen LogP contribution is 2.19. The van der Waals surface area contributed by atoms with Gasteiger partial charge in [-0.15, -0.1) is 0 Å². The maximum absolute atomic E-state index is 8.92. The van der Waals surface area contributed by atoms with Gasteiger partial charge in [-0.3, -0.25) is 10.7 Å². The minimum Gasteiger partial charge on any atom is -0.343 e. The van der Waals surface area contributed by atoms with Crippen LogP contribution >= 0.6 is 12.2 Å². The molecule has 0 aliphatic carbocycles. The fourth-order valence-corrected chi connectivity index (χ4v) is 2.43. The third-order valence-electron chi connectivity index (χ3n) is 3.33. The van der Waals surface area contributed by atoms with E-state index in [9.17, 15) is 0 Å². The summed E-state index contributed by atoms with van der Waals surface area (Å²) in [6, 6.07) is 18.3. The molecule has 1 heterocycles. The summed E-state index contributed by atoms with van der Waals surface area (Å²) in [5.41, 5.74) is 5.19. The Morgan fingerprint density at radius 3 is 2.65 bits per heavy atom. The molecule has 0 radical (unpaired) electrons. The summed E-state index contributed by atoms with van der Waals surface area (Å²) in [6.07, 6.45) is 2.07. The molecule has 2 N–H and O–H groups in total. The molecular weight excluding hydrogens is 268 g/mol. The van der Waals surface area contributed by atoms with Gasteiger partial charge < -0.3 is 4.57 Å². The van der Waals surface area contributed by atoms with Crippen LogP contribution in [0, 0.1) is 0 Å². The quantitative estimate of drug-likeness (QED) is 0.571. The highest BCUT2D eigenvalue weighted by atomic mass is 32.1. The number of hydroxylamine groups is 1. The zero-order valence-corrected chi connectivity index (χ0v) is 11.6. The molecule has 3 nitrogen and oxygen atoms in total. The van der Waals surface area contributed by atoms with Crippen molar-refractivity contribution in [3.05, 3.63) is 71.9 Å². The second kappa shape index (κ2) is 5.45.